The quantitative estimate of drug-likeness (QED) is 0.634. The Bertz CT molecular complexity index is 673. The van der Waals surface area contributed by atoms with Gasteiger partial charge < -0.3 is 10.6 Å². The number of sulfonamides is 1. The van der Waals surface area contributed by atoms with Crippen molar-refractivity contribution in [2.45, 2.75) is 51.3 Å². The Kier molecular flexibility index (Phi) is 8.82. The molecule has 142 valence electrons. The molecule has 1 rings (SSSR count). The van der Waals surface area contributed by atoms with E-state index in [4.69, 9.17) is 12.2 Å². The molecule has 0 radical (unpaired) electrons. The molecule has 0 unspecified atom stereocenters. The average molecular weight is 386 g/mol. The van der Waals surface area contributed by atoms with Crippen LogP contribution in [0.1, 0.15) is 45.1 Å². The number of nitrogens with zero attached hydrogens (tertiary/aromatic N) is 1. The molecule has 0 spiro atoms. The molecule has 1 aromatic rings. The molecule has 0 fully saturated rings. The van der Waals surface area contributed by atoms with Gasteiger partial charge in [-0.2, -0.15) is 0 Å². The van der Waals surface area contributed by atoms with Crippen LogP contribution in [0.3, 0.4) is 0 Å². The summed E-state index contributed by atoms with van der Waals surface area (Å²) in [7, 11) is -0.416. The van der Waals surface area contributed by atoms with Gasteiger partial charge in [-0.15, -0.1) is 0 Å². The second kappa shape index (κ2) is 10.1. The second-order valence-corrected chi connectivity index (χ2v) is 9.05. The summed E-state index contributed by atoms with van der Waals surface area (Å²) < 4.78 is 26.0. The highest BCUT2D eigenvalue weighted by Gasteiger charge is 2.20. The molecule has 0 aromatic heterocycles. The van der Waals surface area contributed by atoms with Crippen LogP contribution in [0.5, 0.6) is 0 Å². The summed E-state index contributed by atoms with van der Waals surface area (Å²) in [4.78, 5) is 0.291. The minimum atomic E-state index is -3.48. The van der Waals surface area contributed by atoms with Crippen molar-refractivity contribution in [3.8, 4) is 0 Å². The van der Waals surface area contributed by atoms with E-state index in [-0.39, 0.29) is 0 Å². The SMILES string of the molecule is CCCC[C@@H](CC)CNC(=S)Nc1ccc(C)c(S(=O)(=O)N(C)C)c1. The van der Waals surface area contributed by atoms with Crippen LogP contribution in [0.4, 0.5) is 5.69 Å². The predicted molar refractivity (Wildman–Crippen MR) is 110 cm³/mol. The second-order valence-electron chi connectivity index (χ2n) is 6.52. The molecule has 0 bridgehead atoms. The monoisotopic (exact) mass is 385 g/mol. The molecule has 7 heteroatoms. The zero-order chi connectivity index (χ0) is 19.0. The van der Waals surface area contributed by atoms with Crippen LogP contribution in [0.2, 0.25) is 0 Å². The van der Waals surface area contributed by atoms with Gasteiger partial charge in [-0.3, -0.25) is 0 Å². The van der Waals surface area contributed by atoms with Gasteiger partial charge in [-0.05, 0) is 49.2 Å². The van der Waals surface area contributed by atoms with E-state index in [9.17, 15) is 8.42 Å². The molecule has 0 aliphatic heterocycles. The third-order valence-corrected chi connectivity index (χ3v) is 6.50. The van der Waals surface area contributed by atoms with Crippen molar-refractivity contribution in [2.75, 3.05) is 26.0 Å². The number of benzene rings is 1. The Morgan fingerprint density at radius 2 is 1.96 bits per heavy atom. The fourth-order valence-corrected chi connectivity index (χ4v) is 3.85. The summed E-state index contributed by atoms with van der Waals surface area (Å²) in [5.41, 5.74) is 1.38. The number of hydrogen-bond donors (Lipinski definition) is 2. The number of thiocarbonyl (C=S) groups is 1. The predicted octanol–water partition coefficient (Wildman–Crippen LogP) is 3.75. The molecule has 0 heterocycles. The Labute approximate surface area is 158 Å². The molecule has 0 aliphatic rings. The van der Waals surface area contributed by atoms with Crippen LogP contribution in [0.15, 0.2) is 23.1 Å². The van der Waals surface area contributed by atoms with Crippen molar-refractivity contribution in [1.82, 2.24) is 9.62 Å². The largest absolute Gasteiger partial charge is 0.362 e. The number of aryl methyl sites for hydroxylation is 1. The third kappa shape index (κ3) is 6.56. The zero-order valence-electron chi connectivity index (χ0n) is 15.9. The van der Waals surface area contributed by atoms with Crippen LogP contribution in [0, 0.1) is 12.8 Å². The topological polar surface area (TPSA) is 61.4 Å². The van der Waals surface area contributed by atoms with Crippen LogP contribution in [0.25, 0.3) is 0 Å². The Hall–Kier alpha value is -1.18. The van der Waals surface area contributed by atoms with Crippen LogP contribution >= 0.6 is 12.2 Å². The molecule has 25 heavy (non-hydrogen) atoms. The summed E-state index contributed by atoms with van der Waals surface area (Å²) in [5, 5.41) is 6.86. The molecule has 0 saturated heterocycles. The van der Waals surface area contributed by atoms with Crippen LogP contribution < -0.4 is 10.6 Å². The van der Waals surface area contributed by atoms with E-state index in [0.717, 1.165) is 13.0 Å². The van der Waals surface area contributed by atoms with E-state index in [1.54, 1.807) is 19.1 Å². The molecule has 0 saturated carbocycles. The summed E-state index contributed by atoms with van der Waals surface area (Å²) in [6.45, 7) is 7.01. The number of hydrogen-bond acceptors (Lipinski definition) is 3. The van der Waals surface area contributed by atoms with E-state index < -0.39 is 10.0 Å². The maximum Gasteiger partial charge on any atom is 0.242 e. The summed E-state index contributed by atoms with van der Waals surface area (Å²) >= 11 is 5.35. The fourth-order valence-electron chi connectivity index (χ4n) is 2.51. The minimum absolute atomic E-state index is 0.291. The minimum Gasteiger partial charge on any atom is -0.362 e. The van der Waals surface area contributed by atoms with Gasteiger partial charge in [0, 0.05) is 26.3 Å². The van der Waals surface area contributed by atoms with Crippen LogP contribution in [-0.2, 0) is 10.0 Å². The first-order valence-corrected chi connectivity index (χ1v) is 10.6. The highest BCUT2D eigenvalue weighted by molar-refractivity contribution is 7.89. The normalized spacial score (nSPS) is 12.9. The molecule has 1 atom stereocenters. The smallest absolute Gasteiger partial charge is 0.242 e. The summed E-state index contributed by atoms with van der Waals surface area (Å²) in [6, 6.07) is 5.26. The van der Waals surface area contributed by atoms with E-state index in [2.05, 4.69) is 24.5 Å². The molecule has 0 amide bonds. The molecular weight excluding hydrogens is 354 g/mol. The maximum absolute atomic E-state index is 12.4. The van der Waals surface area contributed by atoms with Gasteiger partial charge in [0.1, 0.15) is 0 Å². The highest BCUT2D eigenvalue weighted by Crippen LogP contribution is 2.22. The highest BCUT2D eigenvalue weighted by atomic mass is 32.2. The lowest BCUT2D eigenvalue weighted by atomic mass is 9.99. The van der Waals surface area contributed by atoms with Crippen LogP contribution in [-0.4, -0.2) is 38.5 Å². The lowest BCUT2D eigenvalue weighted by molar-refractivity contribution is 0.446. The van der Waals surface area contributed by atoms with Gasteiger partial charge in [0.05, 0.1) is 4.90 Å². The molecule has 5 nitrogen and oxygen atoms in total. The summed E-state index contributed by atoms with van der Waals surface area (Å²) in [5.74, 6) is 0.599. The van der Waals surface area contributed by atoms with Gasteiger partial charge in [-0.1, -0.05) is 39.2 Å². The average Bonchev–Trinajstić information content (AvgIpc) is 2.56. The first-order valence-electron chi connectivity index (χ1n) is 8.80. The number of rotatable bonds is 9. The van der Waals surface area contributed by atoms with Gasteiger partial charge in [0.15, 0.2) is 5.11 Å². The zero-order valence-corrected chi connectivity index (χ0v) is 17.6. The van der Waals surface area contributed by atoms with E-state index in [1.165, 1.54) is 37.7 Å². The third-order valence-electron chi connectivity index (χ3n) is 4.30. The molecular formula is C18H31N3O2S2. The van der Waals surface area contributed by atoms with Crippen molar-refractivity contribution >= 4 is 33.0 Å². The standard InChI is InChI=1S/C18H31N3O2S2/c1-6-8-9-15(7-2)13-19-18(24)20-16-11-10-14(3)17(12-16)25(22,23)21(4)5/h10-12,15H,6-9,13H2,1-5H3,(H2,19,20,24)/t15-/m1/s1. The van der Waals surface area contributed by atoms with E-state index in [0.29, 0.717) is 27.2 Å². The van der Waals surface area contributed by atoms with Crippen molar-refractivity contribution < 1.29 is 8.42 Å². The first kappa shape index (κ1) is 21.9. The Morgan fingerprint density at radius 3 is 2.52 bits per heavy atom. The van der Waals surface area contributed by atoms with E-state index in [1.807, 2.05) is 6.07 Å². The number of nitrogens with one attached hydrogen (secondary N) is 2. The van der Waals surface area contributed by atoms with Gasteiger partial charge in [0.2, 0.25) is 10.0 Å². The first-order chi connectivity index (χ1) is 11.7. The number of anilines is 1. The molecule has 1 aromatic carbocycles. The Balaban J connectivity index is 2.75. The van der Waals surface area contributed by atoms with Crippen molar-refractivity contribution in [3.05, 3.63) is 23.8 Å². The van der Waals surface area contributed by atoms with Gasteiger partial charge in [-0.25, -0.2) is 12.7 Å². The van der Waals surface area contributed by atoms with Crippen molar-refractivity contribution in [2.24, 2.45) is 5.92 Å². The van der Waals surface area contributed by atoms with Crippen molar-refractivity contribution in [1.29, 1.82) is 0 Å². The van der Waals surface area contributed by atoms with Crippen molar-refractivity contribution in [3.63, 3.8) is 0 Å². The number of unbranched alkanes of at least 4 members (excludes halogenated alkanes) is 1. The molecule has 0 aliphatic carbocycles. The fraction of sp³-hybridized carbons (Fsp3) is 0.611. The van der Waals surface area contributed by atoms with Gasteiger partial charge >= 0.3 is 0 Å². The van der Waals surface area contributed by atoms with Gasteiger partial charge in [0.25, 0.3) is 0 Å². The maximum atomic E-state index is 12.4. The lowest BCUT2D eigenvalue weighted by Gasteiger charge is -2.18. The molecule has 2 N–H and O–H groups in total. The summed E-state index contributed by atoms with van der Waals surface area (Å²) in [6.07, 6.45) is 4.74. The Morgan fingerprint density at radius 1 is 1.28 bits per heavy atom. The lowest BCUT2D eigenvalue weighted by Crippen LogP contribution is -2.33. The van der Waals surface area contributed by atoms with E-state index >= 15 is 0 Å².